The van der Waals surface area contributed by atoms with Crippen LogP contribution in [0.15, 0.2) is 23.4 Å². The summed E-state index contributed by atoms with van der Waals surface area (Å²) in [6.45, 7) is 6.90. The van der Waals surface area contributed by atoms with Crippen LogP contribution in [0.3, 0.4) is 0 Å². The summed E-state index contributed by atoms with van der Waals surface area (Å²) in [7, 11) is 0. The number of hydrogen-bond acceptors (Lipinski definition) is 4. The van der Waals surface area contributed by atoms with Gasteiger partial charge in [0.2, 0.25) is 5.91 Å². The average Bonchev–Trinajstić information content (AvgIpc) is 2.95. The van der Waals surface area contributed by atoms with E-state index in [1.807, 2.05) is 30.0 Å². The Labute approximate surface area is 147 Å². The lowest BCUT2D eigenvalue weighted by atomic mass is 9.98. The number of carbonyl (C=O) groups is 1. The largest absolute Gasteiger partial charge is 0.494 e. The zero-order valence-electron chi connectivity index (χ0n) is 14.5. The molecule has 1 N–H and O–H groups in total. The summed E-state index contributed by atoms with van der Waals surface area (Å²) in [6, 6.07) is 6.49. The molecule has 3 rings (SSSR count). The number of ether oxygens (including phenoxy) is 1. The maximum atomic E-state index is 12.6. The molecule has 5 nitrogen and oxygen atoms in total. The highest BCUT2D eigenvalue weighted by Gasteiger charge is 2.28. The van der Waals surface area contributed by atoms with Gasteiger partial charge in [-0.15, -0.1) is 0 Å². The Hall–Kier alpha value is -1.69. The van der Waals surface area contributed by atoms with Gasteiger partial charge in [0.15, 0.2) is 5.16 Å². The zero-order chi connectivity index (χ0) is 17.1. The van der Waals surface area contributed by atoms with Gasteiger partial charge in [-0.05, 0) is 52.2 Å². The standard InChI is InChI=1S/C18H25N3O2S/c1-4-23-14-8-9-15-16(10-14)20-18(19-15)24-11-17(22)21-12(2)6-5-7-13(21)3/h8-10,12-13H,4-7,11H2,1-3H3,(H,19,20)/t12-,13-/m1/s1. The van der Waals surface area contributed by atoms with Gasteiger partial charge in [0.1, 0.15) is 5.75 Å². The molecule has 2 atom stereocenters. The fraction of sp³-hybridized carbons (Fsp3) is 0.556. The summed E-state index contributed by atoms with van der Waals surface area (Å²) in [4.78, 5) is 22.5. The molecule has 1 aromatic carbocycles. The summed E-state index contributed by atoms with van der Waals surface area (Å²) >= 11 is 1.47. The van der Waals surface area contributed by atoms with Crippen LogP contribution in [0, 0.1) is 0 Å². The number of benzene rings is 1. The highest BCUT2D eigenvalue weighted by molar-refractivity contribution is 7.99. The van der Waals surface area contributed by atoms with Gasteiger partial charge in [-0.2, -0.15) is 0 Å². The summed E-state index contributed by atoms with van der Waals surface area (Å²) in [5.74, 6) is 1.46. The second kappa shape index (κ2) is 7.47. The minimum absolute atomic E-state index is 0.204. The van der Waals surface area contributed by atoms with Crippen molar-refractivity contribution in [1.29, 1.82) is 0 Å². The number of H-pyrrole nitrogens is 1. The van der Waals surface area contributed by atoms with Crippen LogP contribution in [0.5, 0.6) is 5.75 Å². The van der Waals surface area contributed by atoms with Gasteiger partial charge in [-0.25, -0.2) is 4.98 Å². The third kappa shape index (κ3) is 3.69. The van der Waals surface area contributed by atoms with Crippen molar-refractivity contribution in [2.24, 2.45) is 0 Å². The molecule has 0 aliphatic carbocycles. The molecule has 1 aliphatic rings. The van der Waals surface area contributed by atoms with Crippen LogP contribution in [0.4, 0.5) is 0 Å². The van der Waals surface area contributed by atoms with Gasteiger partial charge in [-0.1, -0.05) is 11.8 Å². The van der Waals surface area contributed by atoms with Crippen molar-refractivity contribution in [1.82, 2.24) is 14.9 Å². The molecule has 0 bridgehead atoms. The van der Waals surface area contributed by atoms with Crippen LogP contribution in [-0.4, -0.2) is 45.2 Å². The van der Waals surface area contributed by atoms with E-state index in [2.05, 4.69) is 23.8 Å². The second-order valence-corrected chi connectivity index (χ2v) is 7.34. The minimum atomic E-state index is 0.204. The molecule has 2 aromatic rings. The Bertz CT molecular complexity index is 705. The van der Waals surface area contributed by atoms with Gasteiger partial charge in [0.05, 0.1) is 23.4 Å². The third-order valence-corrected chi connectivity index (χ3v) is 5.41. The molecule has 0 spiro atoms. The molecule has 1 aromatic heterocycles. The fourth-order valence-electron chi connectivity index (χ4n) is 3.41. The van der Waals surface area contributed by atoms with Crippen molar-refractivity contribution in [3.63, 3.8) is 0 Å². The van der Waals surface area contributed by atoms with Crippen molar-refractivity contribution in [3.05, 3.63) is 18.2 Å². The second-order valence-electron chi connectivity index (χ2n) is 6.37. The van der Waals surface area contributed by atoms with Crippen LogP contribution in [0.2, 0.25) is 0 Å². The molecule has 24 heavy (non-hydrogen) atoms. The molecule has 1 aliphatic heterocycles. The van der Waals surface area contributed by atoms with Gasteiger partial charge < -0.3 is 14.6 Å². The smallest absolute Gasteiger partial charge is 0.233 e. The minimum Gasteiger partial charge on any atom is -0.494 e. The first-order valence-corrected chi connectivity index (χ1v) is 9.63. The summed E-state index contributed by atoms with van der Waals surface area (Å²) in [6.07, 6.45) is 3.42. The van der Waals surface area contributed by atoms with E-state index < -0.39 is 0 Å². The fourth-order valence-corrected chi connectivity index (χ4v) is 4.16. The van der Waals surface area contributed by atoms with E-state index in [-0.39, 0.29) is 5.91 Å². The summed E-state index contributed by atoms with van der Waals surface area (Å²) in [5.41, 5.74) is 1.84. The quantitative estimate of drug-likeness (QED) is 0.835. The molecule has 0 radical (unpaired) electrons. The number of aromatic amines is 1. The SMILES string of the molecule is CCOc1ccc2nc(SCC(=O)N3[C@H](C)CCC[C@H]3C)[nH]c2c1. The van der Waals surface area contributed by atoms with Crippen LogP contribution < -0.4 is 4.74 Å². The van der Waals surface area contributed by atoms with E-state index in [9.17, 15) is 4.79 Å². The topological polar surface area (TPSA) is 58.2 Å². The van der Waals surface area contributed by atoms with Crippen LogP contribution >= 0.6 is 11.8 Å². The van der Waals surface area contributed by atoms with Crippen molar-refractivity contribution in [3.8, 4) is 5.75 Å². The number of nitrogens with one attached hydrogen (secondary N) is 1. The van der Waals surface area contributed by atoms with Gasteiger partial charge in [0.25, 0.3) is 0 Å². The van der Waals surface area contributed by atoms with Crippen molar-refractivity contribution >= 4 is 28.7 Å². The number of nitrogens with zero attached hydrogens (tertiary/aromatic N) is 2. The zero-order valence-corrected chi connectivity index (χ0v) is 15.4. The molecule has 6 heteroatoms. The third-order valence-electron chi connectivity index (χ3n) is 4.56. The molecule has 0 unspecified atom stereocenters. The molecule has 1 amide bonds. The van der Waals surface area contributed by atoms with Crippen molar-refractivity contribution < 1.29 is 9.53 Å². The van der Waals surface area contributed by atoms with Gasteiger partial charge >= 0.3 is 0 Å². The number of fused-ring (bicyclic) bond motifs is 1. The summed E-state index contributed by atoms with van der Waals surface area (Å²) in [5, 5.41) is 0.782. The number of rotatable bonds is 5. The lowest BCUT2D eigenvalue weighted by Crippen LogP contribution is -2.48. The molecule has 0 saturated carbocycles. The van der Waals surface area contributed by atoms with E-state index in [1.54, 1.807) is 0 Å². The van der Waals surface area contributed by atoms with Gasteiger partial charge in [0, 0.05) is 18.2 Å². The summed E-state index contributed by atoms with van der Waals surface area (Å²) < 4.78 is 5.51. The maximum absolute atomic E-state index is 12.6. The average molecular weight is 347 g/mol. The van der Waals surface area contributed by atoms with Crippen molar-refractivity contribution in [2.45, 2.75) is 57.3 Å². The Morgan fingerprint density at radius 2 is 2.12 bits per heavy atom. The number of likely N-dealkylation sites (tertiary alicyclic amines) is 1. The van der Waals surface area contributed by atoms with Crippen LogP contribution in [0.25, 0.3) is 11.0 Å². The lowest BCUT2D eigenvalue weighted by molar-refractivity contribution is -0.134. The monoisotopic (exact) mass is 347 g/mol. The predicted molar refractivity (Wildman–Crippen MR) is 97.6 cm³/mol. The highest BCUT2D eigenvalue weighted by Crippen LogP contribution is 2.26. The normalized spacial score (nSPS) is 21.2. The van der Waals surface area contributed by atoms with E-state index in [0.29, 0.717) is 24.4 Å². The number of carbonyl (C=O) groups excluding carboxylic acids is 1. The molecule has 2 heterocycles. The predicted octanol–water partition coefficient (Wildman–Crippen LogP) is 3.84. The van der Waals surface area contributed by atoms with Crippen molar-refractivity contribution in [2.75, 3.05) is 12.4 Å². The van der Waals surface area contributed by atoms with E-state index in [0.717, 1.165) is 34.8 Å². The molecular formula is C18H25N3O2S. The number of hydrogen-bond donors (Lipinski definition) is 1. The number of thioether (sulfide) groups is 1. The number of piperidine rings is 1. The highest BCUT2D eigenvalue weighted by atomic mass is 32.2. The maximum Gasteiger partial charge on any atom is 0.233 e. The van der Waals surface area contributed by atoms with Crippen LogP contribution in [-0.2, 0) is 4.79 Å². The first-order chi connectivity index (χ1) is 11.6. The lowest BCUT2D eigenvalue weighted by Gasteiger charge is -2.39. The number of amides is 1. The first kappa shape index (κ1) is 17.1. The van der Waals surface area contributed by atoms with E-state index in [4.69, 9.17) is 4.74 Å². The van der Waals surface area contributed by atoms with Gasteiger partial charge in [-0.3, -0.25) is 4.79 Å². The van der Waals surface area contributed by atoms with Crippen LogP contribution in [0.1, 0.15) is 40.0 Å². The number of imidazole rings is 1. The Kier molecular flexibility index (Phi) is 5.33. The molecular weight excluding hydrogens is 322 g/mol. The molecule has 130 valence electrons. The van der Waals surface area contributed by atoms with E-state index >= 15 is 0 Å². The molecule has 1 fully saturated rings. The first-order valence-electron chi connectivity index (χ1n) is 8.65. The van der Waals surface area contributed by atoms with E-state index in [1.165, 1.54) is 18.2 Å². The molecule has 1 saturated heterocycles. The Morgan fingerprint density at radius 1 is 1.38 bits per heavy atom. The Balaban J connectivity index is 1.65. The Morgan fingerprint density at radius 3 is 2.83 bits per heavy atom. The number of aromatic nitrogens is 2.